The lowest BCUT2D eigenvalue weighted by molar-refractivity contribution is -0.160. The Hall–Kier alpha value is -7.38. The molecule has 2 heterocycles. The van der Waals surface area contributed by atoms with Crippen LogP contribution in [0.15, 0.2) is 89.7 Å². The topological polar surface area (TPSA) is 224 Å². The van der Waals surface area contributed by atoms with Crippen LogP contribution in [0.4, 0.5) is 14.4 Å². The van der Waals surface area contributed by atoms with E-state index in [9.17, 15) is 28.8 Å². The van der Waals surface area contributed by atoms with Crippen LogP contribution in [0.3, 0.4) is 0 Å². The molecule has 0 radical (unpaired) electrons. The monoisotopic (exact) mass is 1050 g/mol. The number of nitrogens with one attached hydrogen (secondary N) is 3. The van der Waals surface area contributed by atoms with Gasteiger partial charge in [-0.1, -0.05) is 73.5 Å². The SMILES string of the molecule is COc1cc(COC(=O)NCCCN(C(=O)c2ccc(C)cc2)[C@@H](c2nc3cc(Cl)ccc3c(=O)n2Cc2ccccc2)C(C)C)cc(OC)c1OC(=O)NCC(C)OC(=O)C1(NC(=O)OC(C)(C)C)CCOCC1. The van der Waals surface area contributed by atoms with E-state index in [2.05, 4.69) is 16.0 Å². The van der Waals surface area contributed by atoms with Crippen molar-refractivity contribution in [1.29, 1.82) is 0 Å². The maximum atomic E-state index is 14.6. The minimum Gasteiger partial charge on any atom is -0.493 e. The second-order valence-electron chi connectivity index (χ2n) is 19.6. The van der Waals surface area contributed by atoms with E-state index in [1.807, 2.05) is 63.2 Å². The van der Waals surface area contributed by atoms with Crippen molar-refractivity contribution in [2.24, 2.45) is 5.92 Å². The summed E-state index contributed by atoms with van der Waals surface area (Å²) in [5, 5.41) is 8.82. The first kappa shape index (κ1) is 56.9. The lowest BCUT2D eigenvalue weighted by atomic mass is 9.90. The number of hydrogen-bond acceptors (Lipinski definition) is 14. The molecular formula is C55H67ClN6O13. The first-order valence-electron chi connectivity index (χ1n) is 24.7. The summed E-state index contributed by atoms with van der Waals surface area (Å²) < 4.78 is 40.3. The highest BCUT2D eigenvalue weighted by molar-refractivity contribution is 6.31. The number of nitrogens with zero attached hydrogens (tertiary/aromatic N) is 3. The summed E-state index contributed by atoms with van der Waals surface area (Å²) in [6.07, 6.45) is -2.62. The molecule has 1 aliphatic heterocycles. The highest BCUT2D eigenvalue weighted by Gasteiger charge is 2.45. The smallest absolute Gasteiger partial charge is 0.412 e. The second kappa shape index (κ2) is 25.7. The van der Waals surface area contributed by atoms with Crippen molar-refractivity contribution < 1.29 is 57.1 Å². The number of halogens is 1. The quantitative estimate of drug-likeness (QED) is 0.0377. The summed E-state index contributed by atoms with van der Waals surface area (Å²) in [5.41, 5.74) is 0.727. The van der Waals surface area contributed by atoms with Crippen molar-refractivity contribution in [1.82, 2.24) is 30.4 Å². The number of alkyl carbamates (subject to hydrolysis) is 2. The van der Waals surface area contributed by atoms with E-state index in [-0.39, 0.29) is 93.5 Å². The van der Waals surface area contributed by atoms with E-state index in [0.717, 1.165) is 11.1 Å². The molecule has 2 atom stereocenters. The lowest BCUT2D eigenvalue weighted by Gasteiger charge is -2.36. The van der Waals surface area contributed by atoms with Crippen molar-refractivity contribution in [2.45, 2.75) is 104 Å². The number of amides is 4. The molecule has 3 N–H and O–H groups in total. The van der Waals surface area contributed by atoms with E-state index >= 15 is 0 Å². The number of fused-ring (bicyclic) bond motifs is 1. The molecule has 0 bridgehead atoms. The van der Waals surface area contributed by atoms with Gasteiger partial charge in [0.2, 0.25) is 5.75 Å². The maximum Gasteiger partial charge on any atom is 0.412 e. The molecule has 19 nitrogen and oxygen atoms in total. The Kier molecular flexibility index (Phi) is 19.5. The van der Waals surface area contributed by atoms with Gasteiger partial charge < -0.3 is 54.0 Å². The Bertz CT molecular complexity index is 2840. The van der Waals surface area contributed by atoms with E-state index < -0.39 is 47.5 Å². The van der Waals surface area contributed by atoms with Crippen LogP contribution >= 0.6 is 11.6 Å². The molecule has 5 aromatic rings. The molecule has 1 aliphatic rings. The molecule has 1 fully saturated rings. The Morgan fingerprint density at radius 2 is 1.52 bits per heavy atom. The number of carbonyl (C=O) groups excluding carboxylic acids is 5. The molecule has 4 aromatic carbocycles. The highest BCUT2D eigenvalue weighted by atomic mass is 35.5. The summed E-state index contributed by atoms with van der Waals surface area (Å²) in [5.74, 6) is -0.688. The third-order valence-corrected chi connectivity index (χ3v) is 12.4. The molecule has 1 aromatic heterocycles. The zero-order valence-corrected chi connectivity index (χ0v) is 44.7. The molecule has 0 aliphatic carbocycles. The standard InChI is InChI=1S/C55H67ClN6O13/c1-34(2)45(47-59-42-30-40(56)20-21-41(42)49(64)62(47)32-37-14-11-10-12-15-37)61(48(63)39-18-16-35(3)17-19-39)25-13-24-57-51(66)72-33-38-28-43(69-8)46(44(29-38)70-9)74-52(67)58-31-36(4)73-50(65)55(22-26-71-27-23-55)60-53(68)75-54(5,6)7/h10-12,14-21,28-30,34,36,45H,13,22-27,31-33H2,1-9H3,(H,57,66)(H,58,67)(H,60,68)/t36?,45-/m1/s1. The van der Waals surface area contributed by atoms with Crippen LogP contribution in [0, 0.1) is 12.8 Å². The fraction of sp³-hybridized carbons (Fsp3) is 0.436. The van der Waals surface area contributed by atoms with Gasteiger partial charge in [-0.25, -0.2) is 24.2 Å². The molecule has 6 rings (SSSR count). The van der Waals surface area contributed by atoms with Crippen LogP contribution in [0.2, 0.25) is 5.02 Å². The van der Waals surface area contributed by atoms with Crippen molar-refractivity contribution in [2.75, 3.05) is 47.1 Å². The first-order valence-corrected chi connectivity index (χ1v) is 25.1. The second-order valence-corrected chi connectivity index (χ2v) is 20.0. The molecule has 402 valence electrons. The minimum atomic E-state index is -1.38. The van der Waals surface area contributed by atoms with Crippen LogP contribution in [0.25, 0.3) is 10.9 Å². The molecule has 20 heteroatoms. The van der Waals surface area contributed by atoms with Gasteiger partial charge >= 0.3 is 24.2 Å². The number of hydrogen-bond donors (Lipinski definition) is 3. The average molecular weight is 1060 g/mol. The number of ether oxygens (including phenoxy) is 7. The number of methoxy groups -OCH3 is 2. The Labute approximate surface area is 441 Å². The Morgan fingerprint density at radius 1 is 0.853 bits per heavy atom. The lowest BCUT2D eigenvalue weighted by Crippen LogP contribution is -2.59. The van der Waals surface area contributed by atoms with Gasteiger partial charge in [0.1, 0.15) is 29.7 Å². The van der Waals surface area contributed by atoms with Crippen LogP contribution in [0.1, 0.15) is 99.7 Å². The van der Waals surface area contributed by atoms with Crippen molar-refractivity contribution in [3.63, 3.8) is 0 Å². The van der Waals surface area contributed by atoms with E-state index in [1.54, 1.807) is 67.5 Å². The molecule has 75 heavy (non-hydrogen) atoms. The molecule has 1 unspecified atom stereocenters. The van der Waals surface area contributed by atoms with Gasteiger partial charge in [-0.05, 0) is 101 Å². The van der Waals surface area contributed by atoms with Crippen molar-refractivity contribution >= 4 is 52.7 Å². The third-order valence-electron chi connectivity index (χ3n) is 12.2. The van der Waals surface area contributed by atoms with Gasteiger partial charge in [0, 0.05) is 49.7 Å². The predicted molar refractivity (Wildman–Crippen MR) is 280 cm³/mol. The Morgan fingerprint density at radius 3 is 2.15 bits per heavy atom. The van der Waals surface area contributed by atoms with Crippen LogP contribution in [-0.2, 0) is 36.9 Å². The van der Waals surface area contributed by atoms with E-state index in [1.165, 1.54) is 26.4 Å². The zero-order chi connectivity index (χ0) is 54.5. The highest BCUT2D eigenvalue weighted by Crippen LogP contribution is 2.39. The summed E-state index contributed by atoms with van der Waals surface area (Å²) >= 11 is 6.41. The van der Waals surface area contributed by atoms with Gasteiger partial charge in [-0.3, -0.25) is 14.2 Å². The molecule has 1 saturated heterocycles. The van der Waals surface area contributed by atoms with Crippen LogP contribution < -0.4 is 35.7 Å². The van der Waals surface area contributed by atoms with Crippen molar-refractivity contribution in [3.05, 3.63) is 128 Å². The number of aryl methyl sites for hydroxylation is 1. The fourth-order valence-electron chi connectivity index (χ4n) is 8.43. The van der Waals surface area contributed by atoms with Gasteiger partial charge in [0.15, 0.2) is 11.5 Å². The number of rotatable bonds is 20. The summed E-state index contributed by atoms with van der Waals surface area (Å²) in [7, 11) is 2.72. The largest absolute Gasteiger partial charge is 0.493 e. The van der Waals surface area contributed by atoms with Crippen molar-refractivity contribution in [3.8, 4) is 17.2 Å². The maximum absolute atomic E-state index is 14.6. The van der Waals surface area contributed by atoms with Gasteiger partial charge in [-0.15, -0.1) is 0 Å². The van der Waals surface area contributed by atoms with Gasteiger partial charge in [-0.2, -0.15) is 0 Å². The molecular weight excluding hydrogens is 988 g/mol. The summed E-state index contributed by atoms with van der Waals surface area (Å²) in [6, 6.07) is 24.1. The molecule has 0 saturated carbocycles. The van der Waals surface area contributed by atoms with Crippen LogP contribution in [-0.4, -0.2) is 109 Å². The number of esters is 1. The number of aromatic nitrogens is 2. The predicted octanol–water partition coefficient (Wildman–Crippen LogP) is 8.67. The zero-order valence-electron chi connectivity index (χ0n) is 43.9. The minimum absolute atomic E-state index is 0.0674. The molecule has 4 amide bonds. The number of carbonyl (C=O) groups is 5. The van der Waals surface area contributed by atoms with Gasteiger partial charge in [0.25, 0.3) is 11.5 Å². The Balaban J connectivity index is 1.09. The van der Waals surface area contributed by atoms with E-state index in [0.29, 0.717) is 39.3 Å². The van der Waals surface area contributed by atoms with Gasteiger partial charge in [0.05, 0.1) is 44.3 Å². The fourth-order valence-corrected chi connectivity index (χ4v) is 8.60. The van der Waals surface area contributed by atoms with E-state index in [4.69, 9.17) is 49.7 Å². The summed E-state index contributed by atoms with van der Waals surface area (Å²) in [4.78, 5) is 88.0. The first-order chi connectivity index (χ1) is 35.7. The van der Waals surface area contributed by atoms with Crippen LogP contribution in [0.5, 0.6) is 17.2 Å². The molecule has 0 spiro atoms. The number of benzene rings is 4. The average Bonchev–Trinajstić information content (AvgIpc) is 3.36. The third kappa shape index (κ3) is 15.4. The summed E-state index contributed by atoms with van der Waals surface area (Å²) in [6.45, 7) is 13.1. The normalized spacial score (nSPS) is 14.0.